The Morgan fingerprint density at radius 3 is 2.19 bits per heavy atom. The second kappa shape index (κ2) is 6.85. The van der Waals surface area contributed by atoms with E-state index in [2.05, 4.69) is 18.2 Å². The first kappa shape index (κ1) is 17.2. The maximum Gasteiger partial charge on any atom is 0.262 e. The van der Waals surface area contributed by atoms with Crippen LogP contribution in [0.1, 0.15) is 26.3 Å². The van der Waals surface area contributed by atoms with Crippen LogP contribution in [0, 0.1) is 0 Å². The van der Waals surface area contributed by atoms with E-state index in [1.165, 1.54) is 4.90 Å². The quantitative estimate of drug-likeness (QED) is 0.653. The van der Waals surface area contributed by atoms with Crippen LogP contribution in [0.4, 0.5) is 0 Å². The number of imide groups is 1. The summed E-state index contributed by atoms with van der Waals surface area (Å²) in [4.78, 5) is 28.3. The van der Waals surface area contributed by atoms with Gasteiger partial charge in [0.15, 0.2) is 0 Å². The predicted octanol–water partition coefficient (Wildman–Crippen LogP) is 3.53. The highest BCUT2D eigenvalue weighted by Crippen LogP contribution is 2.24. The van der Waals surface area contributed by atoms with E-state index in [9.17, 15) is 9.59 Å². The van der Waals surface area contributed by atoms with Crippen LogP contribution in [0.25, 0.3) is 10.8 Å². The average molecular weight is 360 g/mol. The summed E-state index contributed by atoms with van der Waals surface area (Å²) in [5, 5.41) is 2.24. The van der Waals surface area contributed by atoms with Gasteiger partial charge in [0.05, 0.1) is 24.9 Å². The number of carbonyl (C=O) groups excluding carboxylic acids is 2. The molecule has 0 aromatic heterocycles. The summed E-state index contributed by atoms with van der Waals surface area (Å²) in [6, 6.07) is 19.2. The fourth-order valence-corrected chi connectivity index (χ4v) is 3.47. The number of nitrogens with zero attached hydrogens (tertiary/aromatic N) is 2. The molecule has 1 aliphatic rings. The molecule has 3 aromatic rings. The molecule has 5 heteroatoms. The fraction of sp³-hybridized carbons (Fsp3) is 0.182. The first-order valence-corrected chi connectivity index (χ1v) is 8.77. The van der Waals surface area contributed by atoms with Gasteiger partial charge in [-0.2, -0.15) is 0 Å². The smallest absolute Gasteiger partial charge is 0.262 e. The summed E-state index contributed by atoms with van der Waals surface area (Å²) < 4.78 is 5.26. The van der Waals surface area contributed by atoms with Crippen molar-refractivity contribution in [2.24, 2.45) is 0 Å². The molecule has 0 saturated heterocycles. The summed E-state index contributed by atoms with van der Waals surface area (Å²) in [5.41, 5.74) is 2.08. The van der Waals surface area contributed by atoms with E-state index in [1.54, 1.807) is 31.4 Å². The predicted molar refractivity (Wildman–Crippen MR) is 104 cm³/mol. The van der Waals surface area contributed by atoms with Gasteiger partial charge in [-0.3, -0.25) is 19.4 Å². The van der Waals surface area contributed by atoms with Crippen molar-refractivity contribution in [3.8, 4) is 5.75 Å². The number of hydrogen-bond acceptors (Lipinski definition) is 4. The van der Waals surface area contributed by atoms with Crippen molar-refractivity contribution in [1.82, 2.24) is 9.80 Å². The highest BCUT2D eigenvalue weighted by Gasteiger charge is 2.35. The van der Waals surface area contributed by atoms with Gasteiger partial charge in [0.2, 0.25) is 0 Å². The van der Waals surface area contributed by atoms with E-state index in [0.29, 0.717) is 17.7 Å². The monoisotopic (exact) mass is 360 g/mol. The number of methoxy groups -OCH3 is 1. The van der Waals surface area contributed by atoms with Crippen LogP contribution in [0.3, 0.4) is 0 Å². The minimum atomic E-state index is -0.229. The molecule has 5 nitrogen and oxygen atoms in total. The summed E-state index contributed by atoms with van der Waals surface area (Å²) in [6.07, 6.45) is 0. The Kier molecular flexibility index (Phi) is 4.38. The highest BCUT2D eigenvalue weighted by molar-refractivity contribution is 6.21. The van der Waals surface area contributed by atoms with Gasteiger partial charge in [0, 0.05) is 6.54 Å². The molecule has 0 fully saturated rings. The zero-order valence-corrected chi connectivity index (χ0v) is 15.3. The lowest BCUT2D eigenvalue weighted by Gasteiger charge is -2.23. The van der Waals surface area contributed by atoms with Crippen molar-refractivity contribution < 1.29 is 14.3 Å². The number of amides is 2. The molecule has 0 saturated carbocycles. The minimum absolute atomic E-state index is 0.229. The van der Waals surface area contributed by atoms with Crippen LogP contribution < -0.4 is 4.74 Å². The van der Waals surface area contributed by atoms with Gasteiger partial charge in [-0.25, -0.2) is 0 Å². The highest BCUT2D eigenvalue weighted by atomic mass is 16.5. The van der Waals surface area contributed by atoms with E-state index in [0.717, 1.165) is 22.1 Å². The van der Waals surface area contributed by atoms with Gasteiger partial charge >= 0.3 is 0 Å². The van der Waals surface area contributed by atoms with E-state index < -0.39 is 0 Å². The standard InChI is InChI=1S/C22H20N2O3/c1-23(14-24-21(25)19-5-3-4-6-20(19)22(24)26)13-15-7-8-17-12-18(27-2)10-9-16(17)11-15/h3-12H,13-14H2,1-2H3. The molecule has 1 aliphatic heterocycles. The molecular weight excluding hydrogens is 340 g/mol. The number of hydrogen-bond donors (Lipinski definition) is 0. The maximum absolute atomic E-state index is 12.5. The lowest BCUT2D eigenvalue weighted by molar-refractivity contribution is 0.0559. The number of ether oxygens (including phenoxy) is 1. The lowest BCUT2D eigenvalue weighted by Crippen LogP contribution is -2.39. The van der Waals surface area contributed by atoms with Crippen LogP contribution in [-0.2, 0) is 6.54 Å². The third kappa shape index (κ3) is 3.17. The van der Waals surface area contributed by atoms with E-state index in [4.69, 9.17) is 4.74 Å². The van der Waals surface area contributed by atoms with Crippen molar-refractivity contribution in [3.63, 3.8) is 0 Å². The maximum atomic E-state index is 12.5. The third-order valence-electron chi connectivity index (χ3n) is 4.83. The number of benzene rings is 3. The average Bonchev–Trinajstić information content (AvgIpc) is 2.92. The molecule has 136 valence electrons. The van der Waals surface area contributed by atoms with Gasteiger partial charge in [0.25, 0.3) is 11.8 Å². The van der Waals surface area contributed by atoms with Crippen LogP contribution in [-0.4, -0.2) is 42.4 Å². The number of fused-ring (bicyclic) bond motifs is 2. The second-order valence-electron chi connectivity index (χ2n) is 6.79. The Balaban J connectivity index is 1.48. The minimum Gasteiger partial charge on any atom is -0.497 e. The van der Waals surface area contributed by atoms with Crippen molar-refractivity contribution in [2.45, 2.75) is 6.54 Å². The SMILES string of the molecule is COc1ccc2cc(CN(C)CN3C(=O)c4ccccc4C3=O)ccc2c1. The molecule has 0 radical (unpaired) electrons. The molecule has 27 heavy (non-hydrogen) atoms. The zero-order chi connectivity index (χ0) is 19.0. The molecule has 0 spiro atoms. The lowest BCUT2D eigenvalue weighted by atomic mass is 10.1. The molecule has 1 heterocycles. The zero-order valence-electron chi connectivity index (χ0n) is 15.3. The summed E-state index contributed by atoms with van der Waals surface area (Å²) in [5.74, 6) is 0.374. The topological polar surface area (TPSA) is 49.9 Å². The van der Waals surface area contributed by atoms with Gasteiger partial charge in [0.1, 0.15) is 5.75 Å². The summed E-state index contributed by atoms with van der Waals surface area (Å²) in [6.45, 7) is 0.891. The largest absolute Gasteiger partial charge is 0.497 e. The first-order chi connectivity index (χ1) is 13.1. The van der Waals surface area contributed by atoms with Gasteiger partial charge in [-0.05, 0) is 53.7 Å². The summed E-state index contributed by atoms with van der Waals surface area (Å²) >= 11 is 0. The molecule has 0 aliphatic carbocycles. The van der Waals surface area contributed by atoms with Gasteiger partial charge < -0.3 is 4.74 Å². The Hall–Kier alpha value is -3.18. The molecule has 0 unspecified atom stereocenters. The fourth-order valence-electron chi connectivity index (χ4n) is 3.47. The summed E-state index contributed by atoms with van der Waals surface area (Å²) in [7, 11) is 3.56. The Labute approximate surface area is 157 Å². The second-order valence-corrected chi connectivity index (χ2v) is 6.79. The number of carbonyl (C=O) groups is 2. The van der Waals surface area contributed by atoms with Gasteiger partial charge in [-0.1, -0.05) is 30.3 Å². The molecular formula is C22H20N2O3. The Bertz CT molecular complexity index is 1010. The normalized spacial score (nSPS) is 13.5. The van der Waals surface area contributed by atoms with Crippen LogP contribution in [0.15, 0.2) is 60.7 Å². The molecule has 3 aromatic carbocycles. The molecule has 0 bridgehead atoms. The van der Waals surface area contributed by atoms with Crippen LogP contribution >= 0.6 is 0 Å². The molecule has 4 rings (SSSR count). The Morgan fingerprint density at radius 2 is 1.52 bits per heavy atom. The molecule has 0 N–H and O–H groups in total. The van der Waals surface area contributed by atoms with Crippen molar-refractivity contribution in [2.75, 3.05) is 20.8 Å². The van der Waals surface area contributed by atoms with Crippen molar-refractivity contribution >= 4 is 22.6 Å². The number of rotatable bonds is 5. The first-order valence-electron chi connectivity index (χ1n) is 8.77. The van der Waals surface area contributed by atoms with Crippen LogP contribution in [0.2, 0.25) is 0 Å². The molecule has 2 amide bonds. The van der Waals surface area contributed by atoms with E-state index in [-0.39, 0.29) is 18.5 Å². The van der Waals surface area contributed by atoms with E-state index in [1.807, 2.05) is 30.1 Å². The van der Waals surface area contributed by atoms with Crippen molar-refractivity contribution in [1.29, 1.82) is 0 Å². The molecule has 0 atom stereocenters. The Morgan fingerprint density at radius 1 is 0.889 bits per heavy atom. The van der Waals surface area contributed by atoms with Crippen LogP contribution in [0.5, 0.6) is 5.75 Å². The van der Waals surface area contributed by atoms with Gasteiger partial charge in [-0.15, -0.1) is 0 Å². The van der Waals surface area contributed by atoms with Crippen molar-refractivity contribution in [3.05, 3.63) is 77.4 Å². The third-order valence-corrected chi connectivity index (χ3v) is 4.83. The van der Waals surface area contributed by atoms with E-state index >= 15 is 0 Å².